The topological polar surface area (TPSA) is 135 Å². The van der Waals surface area contributed by atoms with Gasteiger partial charge in [0.15, 0.2) is 0 Å². The highest BCUT2D eigenvalue weighted by molar-refractivity contribution is 7.89. The Morgan fingerprint density at radius 1 is 0.844 bits per heavy atom. The maximum absolute atomic E-state index is 13.2. The van der Waals surface area contributed by atoms with Gasteiger partial charge in [0.1, 0.15) is 11.9 Å². The van der Waals surface area contributed by atoms with E-state index in [1.54, 1.807) is 30.3 Å². The molecular weight excluding hydrogens is 457 g/mol. The summed E-state index contributed by atoms with van der Waals surface area (Å²) in [5, 5.41) is 7.62. The van der Waals surface area contributed by atoms with Crippen LogP contribution in [-0.4, -0.2) is 28.8 Å². The fourth-order valence-corrected chi connectivity index (χ4v) is 4.57. The number of sulfonamides is 2. The molecule has 0 bridgehead atoms. The summed E-state index contributed by atoms with van der Waals surface area (Å²) in [7, 11) is -8.03. The second-order valence-electron chi connectivity index (χ2n) is 6.88. The van der Waals surface area contributed by atoms with Gasteiger partial charge in [0, 0.05) is 5.69 Å². The second kappa shape index (κ2) is 9.57. The Morgan fingerprint density at radius 2 is 1.41 bits per heavy atom. The summed E-state index contributed by atoms with van der Waals surface area (Å²) in [5.41, 5.74) is 0.959. The van der Waals surface area contributed by atoms with Gasteiger partial charge in [0.05, 0.1) is 9.79 Å². The molecule has 3 aromatic rings. The van der Waals surface area contributed by atoms with Crippen molar-refractivity contribution in [1.82, 2.24) is 4.72 Å². The number of hydrogen-bond donors (Lipinski definition) is 3. The SMILES string of the molecule is NS(=O)(=O)c1ccc(NC(=O)C(Cc2ccccc2)NS(=O)(=O)c2ccc(F)cc2)cc1. The van der Waals surface area contributed by atoms with Crippen LogP contribution in [0.2, 0.25) is 0 Å². The summed E-state index contributed by atoms with van der Waals surface area (Å²) >= 11 is 0. The van der Waals surface area contributed by atoms with Crippen molar-refractivity contribution in [1.29, 1.82) is 0 Å². The van der Waals surface area contributed by atoms with Gasteiger partial charge in [-0.25, -0.2) is 26.4 Å². The standard InChI is InChI=1S/C21H20FN3O5S2/c22-16-6-10-19(11-7-16)32(29,30)25-20(14-15-4-2-1-3-5-15)21(26)24-17-8-12-18(13-9-17)31(23,27)28/h1-13,20,25H,14H2,(H,24,26)(H2,23,27,28). The van der Waals surface area contributed by atoms with E-state index >= 15 is 0 Å². The first kappa shape index (κ1) is 23.5. The van der Waals surface area contributed by atoms with Crippen molar-refractivity contribution < 1.29 is 26.0 Å². The molecule has 168 valence electrons. The average molecular weight is 478 g/mol. The number of nitrogens with two attached hydrogens (primary N) is 1. The highest BCUT2D eigenvalue weighted by atomic mass is 32.2. The predicted molar refractivity (Wildman–Crippen MR) is 117 cm³/mol. The zero-order valence-electron chi connectivity index (χ0n) is 16.6. The van der Waals surface area contributed by atoms with Gasteiger partial charge in [0.2, 0.25) is 26.0 Å². The number of halogens is 1. The molecule has 0 heterocycles. The molecule has 32 heavy (non-hydrogen) atoms. The molecule has 0 saturated carbocycles. The fourth-order valence-electron chi connectivity index (χ4n) is 2.86. The number of carbonyl (C=O) groups is 1. The number of rotatable bonds is 8. The van der Waals surface area contributed by atoms with Crippen LogP contribution < -0.4 is 15.2 Å². The van der Waals surface area contributed by atoms with E-state index in [1.165, 1.54) is 24.3 Å². The van der Waals surface area contributed by atoms with E-state index in [4.69, 9.17) is 5.14 Å². The molecule has 11 heteroatoms. The Morgan fingerprint density at radius 3 is 1.97 bits per heavy atom. The summed E-state index contributed by atoms with van der Waals surface area (Å²) in [5.74, 6) is -1.26. The molecule has 8 nitrogen and oxygen atoms in total. The highest BCUT2D eigenvalue weighted by Gasteiger charge is 2.26. The van der Waals surface area contributed by atoms with Crippen molar-refractivity contribution in [2.45, 2.75) is 22.3 Å². The third kappa shape index (κ3) is 6.20. The molecule has 3 rings (SSSR count). The van der Waals surface area contributed by atoms with Crippen LogP contribution in [0.3, 0.4) is 0 Å². The van der Waals surface area contributed by atoms with E-state index in [2.05, 4.69) is 10.0 Å². The largest absolute Gasteiger partial charge is 0.325 e. The Hall–Kier alpha value is -3.12. The van der Waals surface area contributed by atoms with Gasteiger partial charge in [-0.1, -0.05) is 30.3 Å². The molecule has 1 atom stereocenters. The van der Waals surface area contributed by atoms with Crippen LogP contribution in [0.15, 0.2) is 88.7 Å². The highest BCUT2D eigenvalue weighted by Crippen LogP contribution is 2.16. The molecule has 0 spiro atoms. The predicted octanol–water partition coefficient (Wildman–Crippen LogP) is 2.00. The van der Waals surface area contributed by atoms with Gasteiger partial charge in [-0.15, -0.1) is 0 Å². The van der Waals surface area contributed by atoms with Crippen LogP contribution in [0.5, 0.6) is 0 Å². The van der Waals surface area contributed by atoms with Crippen molar-refractivity contribution in [3.63, 3.8) is 0 Å². The van der Waals surface area contributed by atoms with Crippen LogP contribution in [0, 0.1) is 5.82 Å². The van der Waals surface area contributed by atoms with Crippen LogP contribution in [0.25, 0.3) is 0 Å². The minimum absolute atomic E-state index is 0.0440. The first-order valence-electron chi connectivity index (χ1n) is 9.30. The Kier molecular flexibility index (Phi) is 7.04. The zero-order chi connectivity index (χ0) is 23.4. The number of hydrogen-bond acceptors (Lipinski definition) is 5. The maximum atomic E-state index is 13.2. The molecule has 0 aliphatic rings. The third-order valence-electron chi connectivity index (χ3n) is 4.47. The molecule has 0 aromatic heterocycles. The van der Waals surface area contributed by atoms with Crippen LogP contribution >= 0.6 is 0 Å². The van der Waals surface area contributed by atoms with E-state index < -0.39 is 37.8 Å². The molecule has 0 fully saturated rings. The molecule has 1 amide bonds. The first-order valence-corrected chi connectivity index (χ1v) is 12.3. The van der Waals surface area contributed by atoms with Crippen molar-refractivity contribution >= 4 is 31.6 Å². The maximum Gasteiger partial charge on any atom is 0.242 e. The Balaban J connectivity index is 1.85. The lowest BCUT2D eigenvalue weighted by Crippen LogP contribution is -2.45. The normalized spacial score (nSPS) is 12.8. The number of nitrogens with one attached hydrogen (secondary N) is 2. The smallest absolute Gasteiger partial charge is 0.242 e. The quantitative estimate of drug-likeness (QED) is 0.456. The summed E-state index contributed by atoms with van der Waals surface area (Å²) in [4.78, 5) is 12.6. The van der Waals surface area contributed by atoms with Crippen molar-refractivity contribution in [2.75, 3.05) is 5.32 Å². The molecule has 0 aliphatic heterocycles. The lowest BCUT2D eigenvalue weighted by molar-refractivity contribution is -0.117. The summed E-state index contributed by atoms with van der Waals surface area (Å²) in [6.07, 6.45) is 0.0440. The van der Waals surface area contributed by atoms with Gasteiger partial charge in [0.25, 0.3) is 0 Å². The number of carbonyl (C=O) groups excluding carboxylic acids is 1. The summed E-state index contributed by atoms with van der Waals surface area (Å²) in [6, 6.07) is 16.9. The van der Waals surface area contributed by atoms with E-state index in [0.29, 0.717) is 5.56 Å². The lowest BCUT2D eigenvalue weighted by atomic mass is 10.1. The van der Waals surface area contributed by atoms with Gasteiger partial charge >= 0.3 is 0 Å². The number of amides is 1. The summed E-state index contributed by atoms with van der Waals surface area (Å²) in [6.45, 7) is 0. The van der Waals surface area contributed by atoms with Crippen LogP contribution in [-0.2, 0) is 31.3 Å². The average Bonchev–Trinajstić information content (AvgIpc) is 2.74. The van der Waals surface area contributed by atoms with E-state index in [9.17, 15) is 26.0 Å². The minimum Gasteiger partial charge on any atom is -0.325 e. The lowest BCUT2D eigenvalue weighted by Gasteiger charge is -2.19. The van der Waals surface area contributed by atoms with Crippen molar-refractivity contribution in [2.24, 2.45) is 5.14 Å². The van der Waals surface area contributed by atoms with Gasteiger partial charge in [-0.3, -0.25) is 4.79 Å². The molecule has 4 N–H and O–H groups in total. The molecule has 3 aromatic carbocycles. The van der Waals surface area contributed by atoms with Gasteiger partial charge < -0.3 is 5.32 Å². The van der Waals surface area contributed by atoms with Gasteiger partial charge in [-0.05, 0) is 60.5 Å². The van der Waals surface area contributed by atoms with E-state index in [0.717, 1.165) is 24.3 Å². The van der Waals surface area contributed by atoms with E-state index in [-0.39, 0.29) is 21.9 Å². The van der Waals surface area contributed by atoms with Crippen LogP contribution in [0.4, 0.5) is 10.1 Å². The monoisotopic (exact) mass is 477 g/mol. The summed E-state index contributed by atoms with van der Waals surface area (Å²) < 4.78 is 63.8. The molecule has 0 aliphatic carbocycles. The molecular formula is C21H20FN3O5S2. The molecule has 0 saturated heterocycles. The Labute approximate surface area is 185 Å². The van der Waals surface area contributed by atoms with Crippen molar-refractivity contribution in [3.8, 4) is 0 Å². The third-order valence-corrected chi connectivity index (χ3v) is 6.89. The number of anilines is 1. The first-order chi connectivity index (χ1) is 15.0. The van der Waals surface area contributed by atoms with Gasteiger partial charge in [-0.2, -0.15) is 4.72 Å². The second-order valence-corrected chi connectivity index (χ2v) is 10.2. The van der Waals surface area contributed by atoms with Crippen LogP contribution in [0.1, 0.15) is 5.56 Å². The number of primary sulfonamides is 1. The zero-order valence-corrected chi connectivity index (χ0v) is 18.2. The van der Waals surface area contributed by atoms with E-state index in [1.807, 2.05) is 0 Å². The fraction of sp³-hybridized carbons (Fsp3) is 0.0952. The number of benzene rings is 3. The molecule has 0 radical (unpaired) electrons. The Bertz CT molecular complexity index is 1300. The molecule has 1 unspecified atom stereocenters. The van der Waals surface area contributed by atoms with Crippen molar-refractivity contribution in [3.05, 3.63) is 90.2 Å². The minimum atomic E-state index is -4.13.